The van der Waals surface area contributed by atoms with Crippen LogP contribution in [0.5, 0.6) is 0 Å². The third kappa shape index (κ3) is 5.98. The second-order valence-electron chi connectivity index (χ2n) is 6.86. The molecule has 7 heteroatoms. The Labute approximate surface area is 180 Å². The first-order valence-electron chi connectivity index (χ1n) is 9.72. The molecule has 0 atom stereocenters. The molecule has 0 aliphatic rings. The van der Waals surface area contributed by atoms with E-state index in [1.807, 2.05) is 54.8 Å². The zero-order valence-corrected chi connectivity index (χ0v) is 17.9. The smallest absolute Gasteiger partial charge is 0.254 e. The predicted molar refractivity (Wildman–Crippen MR) is 120 cm³/mol. The van der Waals surface area contributed by atoms with Crippen molar-refractivity contribution in [3.8, 4) is 11.1 Å². The molecule has 3 rings (SSSR count). The van der Waals surface area contributed by atoms with E-state index in [9.17, 15) is 9.59 Å². The van der Waals surface area contributed by atoms with Crippen molar-refractivity contribution in [3.63, 3.8) is 0 Å². The van der Waals surface area contributed by atoms with Crippen LogP contribution in [0.15, 0.2) is 60.0 Å². The minimum Gasteiger partial charge on any atom is -0.385 e. The zero-order valence-electron chi connectivity index (χ0n) is 17.1. The number of carbonyl (C=O) groups is 2. The summed E-state index contributed by atoms with van der Waals surface area (Å²) in [4.78, 5) is 31.3. The number of benzene rings is 2. The Bertz CT molecular complexity index is 971. The average molecular weight is 424 g/mol. The third-order valence-corrected chi connectivity index (χ3v) is 5.38. The molecule has 0 bridgehead atoms. The van der Waals surface area contributed by atoms with Crippen molar-refractivity contribution >= 4 is 28.3 Å². The van der Waals surface area contributed by atoms with Gasteiger partial charge in [-0.15, -0.1) is 11.3 Å². The Morgan fingerprint density at radius 1 is 1.07 bits per heavy atom. The highest BCUT2D eigenvalue weighted by molar-refractivity contribution is 7.13. The summed E-state index contributed by atoms with van der Waals surface area (Å²) in [6, 6.07) is 17.4. The first-order valence-corrected chi connectivity index (χ1v) is 10.6. The molecule has 2 amide bonds. The fourth-order valence-electron chi connectivity index (χ4n) is 3.01. The predicted octanol–water partition coefficient (Wildman–Crippen LogP) is 4.24. The van der Waals surface area contributed by atoms with Gasteiger partial charge < -0.3 is 15.0 Å². The molecule has 6 nitrogen and oxygen atoms in total. The molecule has 0 spiro atoms. The van der Waals surface area contributed by atoms with Gasteiger partial charge >= 0.3 is 0 Å². The van der Waals surface area contributed by atoms with Gasteiger partial charge in [-0.1, -0.05) is 42.5 Å². The van der Waals surface area contributed by atoms with E-state index in [0.717, 1.165) is 16.8 Å². The van der Waals surface area contributed by atoms with Crippen molar-refractivity contribution in [1.82, 2.24) is 9.88 Å². The van der Waals surface area contributed by atoms with Gasteiger partial charge in [-0.2, -0.15) is 0 Å². The van der Waals surface area contributed by atoms with Crippen LogP contribution in [0, 0.1) is 6.92 Å². The van der Waals surface area contributed by atoms with E-state index < -0.39 is 0 Å². The van der Waals surface area contributed by atoms with Crippen LogP contribution >= 0.6 is 11.3 Å². The zero-order chi connectivity index (χ0) is 21.3. The molecule has 0 aliphatic heterocycles. The number of hydrogen-bond donors (Lipinski definition) is 1. The highest BCUT2D eigenvalue weighted by Crippen LogP contribution is 2.20. The normalized spacial score (nSPS) is 10.6. The first-order chi connectivity index (χ1) is 14.6. The van der Waals surface area contributed by atoms with Crippen molar-refractivity contribution < 1.29 is 14.3 Å². The van der Waals surface area contributed by atoms with Gasteiger partial charge in [-0.05, 0) is 36.6 Å². The van der Waals surface area contributed by atoms with Crippen LogP contribution in [0.2, 0.25) is 0 Å². The molecule has 0 fully saturated rings. The maximum atomic E-state index is 13.1. The lowest BCUT2D eigenvalue weighted by molar-refractivity contribution is -0.116. The highest BCUT2D eigenvalue weighted by atomic mass is 32.1. The standard InChI is InChI=1S/C23H25N3O3S/c1-17-16-30-23(24-17)25-21(27)15-26(13-6-14-29-2)22(28)20-11-9-19(10-12-20)18-7-4-3-5-8-18/h3-5,7-12,16H,6,13-15H2,1-2H3,(H,24,25,27). The molecular formula is C23H25N3O3S. The number of carbonyl (C=O) groups excluding carboxylic acids is 2. The van der Waals surface area contributed by atoms with Crippen LogP contribution in [-0.4, -0.2) is 48.5 Å². The van der Waals surface area contributed by atoms with Crippen LogP contribution < -0.4 is 5.32 Å². The fraction of sp³-hybridized carbons (Fsp3) is 0.261. The number of amides is 2. The van der Waals surface area contributed by atoms with E-state index in [4.69, 9.17) is 4.74 Å². The summed E-state index contributed by atoms with van der Waals surface area (Å²) in [6.07, 6.45) is 0.647. The number of nitrogens with zero attached hydrogens (tertiary/aromatic N) is 2. The summed E-state index contributed by atoms with van der Waals surface area (Å²) in [7, 11) is 1.62. The van der Waals surface area contributed by atoms with Crippen LogP contribution in [0.25, 0.3) is 11.1 Å². The Morgan fingerprint density at radius 2 is 1.77 bits per heavy atom. The number of anilines is 1. The summed E-state index contributed by atoms with van der Waals surface area (Å²) in [5.74, 6) is -0.452. The van der Waals surface area contributed by atoms with Gasteiger partial charge in [0.1, 0.15) is 6.54 Å². The number of rotatable bonds is 9. The topological polar surface area (TPSA) is 71.5 Å². The SMILES string of the molecule is COCCCN(CC(=O)Nc1nc(C)cs1)C(=O)c1ccc(-c2ccccc2)cc1. The number of nitrogens with one attached hydrogen (secondary N) is 1. The maximum Gasteiger partial charge on any atom is 0.254 e. The van der Waals surface area contributed by atoms with Crippen LogP contribution in [0.4, 0.5) is 5.13 Å². The van der Waals surface area contributed by atoms with Gasteiger partial charge in [0.05, 0.1) is 5.69 Å². The van der Waals surface area contributed by atoms with Gasteiger partial charge in [0.25, 0.3) is 5.91 Å². The minimum absolute atomic E-state index is 0.0401. The molecule has 0 aliphatic carbocycles. The monoisotopic (exact) mass is 423 g/mol. The second-order valence-corrected chi connectivity index (χ2v) is 7.72. The van der Waals surface area contributed by atoms with Crippen LogP contribution in [-0.2, 0) is 9.53 Å². The maximum absolute atomic E-state index is 13.1. The van der Waals surface area contributed by atoms with E-state index in [2.05, 4.69) is 10.3 Å². The van der Waals surface area contributed by atoms with E-state index in [1.165, 1.54) is 11.3 Å². The van der Waals surface area contributed by atoms with Gasteiger partial charge in [0.15, 0.2) is 5.13 Å². The Balaban J connectivity index is 1.70. The molecule has 0 unspecified atom stereocenters. The number of ether oxygens (including phenoxy) is 1. The largest absolute Gasteiger partial charge is 0.385 e. The minimum atomic E-state index is -0.268. The molecule has 1 heterocycles. The summed E-state index contributed by atoms with van der Waals surface area (Å²) in [6.45, 7) is 2.77. The molecule has 0 saturated carbocycles. The van der Waals surface area contributed by atoms with Gasteiger partial charge in [0.2, 0.25) is 5.91 Å². The second kappa shape index (κ2) is 10.7. The molecule has 156 valence electrons. The number of methoxy groups -OCH3 is 1. The van der Waals surface area contributed by atoms with Gasteiger partial charge in [0, 0.05) is 31.2 Å². The summed E-state index contributed by atoms with van der Waals surface area (Å²) < 4.78 is 5.10. The van der Waals surface area contributed by atoms with Crippen LogP contribution in [0.1, 0.15) is 22.5 Å². The number of aryl methyl sites for hydroxylation is 1. The van der Waals surface area contributed by atoms with Gasteiger partial charge in [-0.3, -0.25) is 9.59 Å². The molecule has 30 heavy (non-hydrogen) atoms. The summed E-state index contributed by atoms with van der Waals surface area (Å²) in [5, 5.41) is 5.17. The summed E-state index contributed by atoms with van der Waals surface area (Å²) in [5.41, 5.74) is 3.52. The molecule has 1 aromatic heterocycles. The Hall–Kier alpha value is -3.03. The van der Waals surface area contributed by atoms with Crippen LogP contribution in [0.3, 0.4) is 0 Å². The van der Waals surface area contributed by atoms with Crippen molar-refractivity contribution in [2.75, 3.05) is 32.1 Å². The van der Waals surface area contributed by atoms with Crippen molar-refractivity contribution in [2.24, 2.45) is 0 Å². The van der Waals surface area contributed by atoms with Crippen molar-refractivity contribution in [1.29, 1.82) is 0 Å². The molecule has 2 aromatic carbocycles. The molecule has 0 radical (unpaired) electrons. The quantitative estimate of drug-likeness (QED) is 0.523. The average Bonchev–Trinajstić information content (AvgIpc) is 3.17. The third-order valence-electron chi connectivity index (χ3n) is 4.50. The van der Waals surface area contributed by atoms with Crippen molar-refractivity contribution in [3.05, 3.63) is 71.2 Å². The number of hydrogen-bond acceptors (Lipinski definition) is 5. The van der Waals surface area contributed by atoms with Gasteiger partial charge in [-0.25, -0.2) is 4.98 Å². The lowest BCUT2D eigenvalue weighted by Crippen LogP contribution is -2.39. The fourth-order valence-corrected chi connectivity index (χ4v) is 3.72. The van der Waals surface area contributed by atoms with Crippen molar-refractivity contribution in [2.45, 2.75) is 13.3 Å². The van der Waals surface area contributed by atoms with E-state index in [-0.39, 0.29) is 18.4 Å². The highest BCUT2D eigenvalue weighted by Gasteiger charge is 2.19. The number of aromatic nitrogens is 1. The lowest BCUT2D eigenvalue weighted by atomic mass is 10.0. The molecule has 0 saturated heterocycles. The number of thiazole rings is 1. The Kier molecular flexibility index (Phi) is 7.70. The Morgan fingerprint density at radius 3 is 2.40 bits per heavy atom. The molecule has 1 N–H and O–H groups in total. The molecular weight excluding hydrogens is 398 g/mol. The molecule has 3 aromatic rings. The van der Waals surface area contributed by atoms with E-state index in [1.54, 1.807) is 24.1 Å². The summed E-state index contributed by atoms with van der Waals surface area (Å²) >= 11 is 1.36. The van der Waals surface area contributed by atoms with E-state index in [0.29, 0.717) is 30.3 Å². The first kappa shape index (κ1) is 21.7. The van der Waals surface area contributed by atoms with E-state index >= 15 is 0 Å². The lowest BCUT2D eigenvalue weighted by Gasteiger charge is -2.22.